The van der Waals surface area contributed by atoms with Gasteiger partial charge in [0, 0.05) is 18.5 Å². The van der Waals surface area contributed by atoms with Crippen molar-refractivity contribution in [3.05, 3.63) is 11.1 Å². The van der Waals surface area contributed by atoms with Crippen LogP contribution in [0.2, 0.25) is 0 Å². The van der Waals surface area contributed by atoms with Crippen molar-refractivity contribution in [3.8, 4) is 0 Å². The number of amides is 1. The Bertz CT molecular complexity index is 426. The van der Waals surface area contributed by atoms with Gasteiger partial charge in [0.2, 0.25) is 5.91 Å². The molecule has 1 amide bonds. The van der Waals surface area contributed by atoms with E-state index >= 15 is 0 Å². The Morgan fingerprint density at radius 1 is 1.47 bits per heavy atom. The minimum Gasteiger partial charge on any atom is -0.476 e. The van der Waals surface area contributed by atoms with Crippen LogP contribution in [-0.2, 0) is 4.79 Å². The van der Waals surface area contributed by atoms with Crippen LogP contribution in [0, 0.1) is 0 Å². The number of hydrogen-bond acceptors (Lipinski definition) is 5. The van der Waals surface area contributed by atoms with Crippen LogP contribution in [-0.4, -0.2) is 46.5 Å². The van der Waals surface area contributed by atoms with Gasteiger partial charge in [-0.15, -0.1) is 11.3 Å². The summed E-state index contributed by atoms with van der Waals surface area (Å²) in [6, 6.07) is 0. The van der Waals surface area contributed by atoms with Gasteiger partial charge in [0.15, 0.2) is 10.8 Å². The fourth-order valence-electron chi connectivity index (χ4n) is 1.68. The molecule has 0 unspecified atom stereocenters. The van der Waals surface area contributed by atoms with Gasteiger partial charge >= 0.3 is 5.97 Å². The standard InChI is InChI=1S/C10H13N3O3S/c14-8(13-3-1-2-4-13)5-11-10-12-7(6-17-10)9(15)16/h6H,1-5H2,(H,11,12)(H,15,16). The first-order valence-corrected chi connectivity index (χ1v) is 6.25. The summed E-state index contributed by atoms with van der Waals surface area (Å²) >= 11 is 1.19. The third-order valence-corrected chi connectivity index (χ3v) is 3.37. The van der Waals surface area contributed by atoms with Gasteiger partial charge in [-0.25, -0.2) is 9.78 Å². The number of likely N-dealkylation sites (tertiary alicyclic amines) is 1. The quantitative estimate of drug-likeness (QED) is 0.834. The third-order valence-electron chi connectivity index (χ3n) is 2.57. The Morgan fingerprint density at radius 2 is 2.18 bits per heavy atom. The van der Waals surface area contributed by atoms with Gasteiger partial charge in [-0.2, -0.15) is 0 Å². The summed E-state index contributed by atoms with van der Waals surface area (Å²) in [6.45, 7) is 1.81. The second-order valence-electron chi connectivity index (χ2n) is 3.78. The van der Waals surface area contributed by atoms with Crippen LogP contribution in [0.15, 0.2) is 5.38 Å². The lowest BCUT2D eigenvalue weighted by molar-refractivity contribution is -0.128. The first-order valence-electron chi connectivity index (χ1n) is 5.37. The number of carboxylic acid groups (broad SMARTS) is 1. The van der Waals surface area contributed by atoms with E-state index in [2.05, 4.69) is 10.3 Å². The molecule has 1 aliphatic rings. The number of aromatic nitrogens is 1. The second-order valence-corrected chi connectivity index (χ2v) is 4.64. The molecule has 0 atom stereocenters. The number of aromatic carboxylic acids is 1. The van der Waals surface area contributed by atoms with Crippen molar-refractivity contribution in [2.24, 2.45) is 0 Å². The van der Waals surface area contributed by atoms with Gasteiger partial charge in [-0.3, -0.25) is 4.79 Å². The molecule has 0 bridgehead atoms. The zero-order valence-electron chi connectivity index (χ0n) is 9.18. The maximum atomic E-state index is 11.7. The van der Waals surface area contributed by atoms with Crippen molar-refractivity contribution in [1.29, 1.82) is 0 Å². The van der Waals surface area contributed by atoms with Crippen molar-refractivity contribution < 1.29 is 14.7 Å². The average Bonchev–Trinajstić information content (AvgIpc) is 2.97. The molecule has 1 fully saturated rings. The largest absolute Gasteiger partial charge is 0.476 e. The Balaban J connectivity index is 1.84. The molecular formula is C10H13N3O3S. The first kappa shape index (κ1) is 11.8. The predicted molar refractivity (Wildman–Crippen MR) is 63.4 cm³/mol. The zero-order chi connectivity index (χ0) is 12.3. The van der Waals surface area contributed by atoms with Gasteiger partial charge in [0.25, 0.3) is 0 Å². The maximum Gasteiger partial charge on any atom is 0.355 e. The molecule has 1 aliphatic heterocycles. The third kappa shape index (κ3) is 2.94. The minimum atomic E-state index is -1.06. The lowest BCUT2D eigenvalue weighted by atomic mass is 10.4. The number of carbonyl (C=O) groups excluding carboxylic acids is 1. The number of thiazole rings is 1. The van der Waals surface area contributed by atoms with E-state index in [1.807, 2.05) is 0 Å². The molecule has 1 aromatic rings. The summed E-state index contributed by atoms with van der Waals surface area (Å²) in [5.41, 5.74) is 0.00567. The minimum absolute atomic E-state index is 0.00567. The van der Waals surface area contributed by atoms with Crippen molar-refractivity contribution in [3.63, 3.8) is 0 Å². The number of nitrogens with one attached hydrogen (secondary N) is 1. The van der Waals surface area contributed by atoms with Gasteiger partial charge in [-0.1, -0.05) is 0 Å². The highest BCUT2D eigenvalue weighted by Crippen LogP contribution is 2.15. The smallest absolute Gasteiger partial charge is 0.355 e. The van der Waals surface area contributed by atoms with Crippen molar-refractivity contribution >= 4 is 28.3 Å². The van der Waals surface area contributed by atoms with E-state index in [1.165, 1.54) is 16.7 Å². The summed E-state index contributed by atoms with van der Waals surface area (Å²) in [4.78, 5) is 27.9. The predicted octanol–water partition coefficient (Wildman–Crippen LogP) is 0.876. The Hall–Kier alpha value is -1.63. The fraction of sp³-hybridized carbons (Fsp3) is 0.500. The van der Waals surface area contributed by atoms with Crippen molar-refractivity contribution in [2.45, 2.75) is 12.8 Å². The molecule has 92 valence electrons. The van der Waals surface area contributed by atoms with Crippen LogP contribution < -0.4 is 5.32 Å². The number of carbonyl (C=O) groups is 2. The van der Waals surface area contributed by atoms with E-state index in [9.17, 15) is 9.59 Å². The number of hydrogen-bond donors (Lipinski definition) is 2. The Morgan fingerprint density at radius 3 is 2.76 bits per heavy atom. The number of carboxylic acids is 1. The maximum absolute atomic E-state index is 11.7. The van der Waals surface area contributed by atoms with Crippen LogP contribution in [0.3, 0.4) is 0 Å². The molecule has 2 N–H and O–H groups in total. The monoisotopic (exact) mass is 255 g/mol. The highest BCUT2D eigenvalue weighted by molar-refractivity contribution is 7.13. The Labute approximate surface area is 102 Å². The summed E-state index contributed by atoms with van der Waals surface area (Å²) in [5.74, 6) is -1.02. The highest BCUT2D eigenvalue weighted by atomic mass is 32.1. The summed E-state index contributed by atoms with van der Waals surface area (Å²) in [7, 11) is 0. The summed E-state index contributed by atoms with van der Waals surface area (Å²) in [5, 5.41) is 13.5. The molecule has 6 nitrogen and oxygen atoms in total. The molecule has 7 heteroatoms. The molecule has 1 saturated heterocycles. The van der Waals surface area contributed by atoms with E-state index in [0.717, 1.165) is 25.9 Å². The molecule has 2 heterocycles. The summed E-state index contributed by atoms with van der Waals surface area (Å²) in [6.07, 6.45) is 2.12. The molecule has 0 aliphatic carbocycles. The average molecular weight is 255 g/mol. The molecule has 1 aromatic heterocycles. The van der Waals surface area contributed by atoms with Gasteiger partial charge < -0.3 is 15.3 Å². The topological polar surface area (TPSA) is 82.5 Å². The van der Waals surface area contributed by atoms with Gasteiger partial charge in [0.05, 0.1) is 6.54 Å². The highest BCUT2D eigenvalue weighted by Gasteiger charge is 2.17. The van der Waals surface area contributed by atoms with Crippen LogP contribution in [0.5, 0.6) is 0 Å². The van der Waals surface area contributed by atoms with Gasteiger partial charge in [-0.05, 0) is 12.8 Å². The van der Waals surface area contributed by atoms with Crippen molar-refractivity contribution in [2.75, 3.05) is 25.0 Å². The lowest BCUT2D eigenvalue weighted by Gasteiger charge is -2.14. The van der Waals surface area contributed by atoms with E-state index in [0.29, 0.717) is 5.13 Å². The molecule has 0 saturated carbocycles. The zero-order valence-corrected chi connectivity index (χ0v) is 10.00. The van der Waals surface area contributed by atoms with E-state index in [1.54, 1.807) is 4.90 Å². The molecule has 0 aromatic carbocycles. The first-order chi connectivity index (χ1) is 8.16. The van der Waals surface area contributed by atoms with E-state index < -0.39 is 5.97 Å². The molecular weight excluding hydrogens is 242 g/mol. The number of nitrogens with zero attached hydrogens (tertiary/aromatic N) is 2. The number of rotatable bonds is 4. The molecule has 0 radical (unpaired) electrons. The fourth-order valence-corrected chi connectivity index (χ4v) is 2.37. The van der Waals surface area contributed by atoms with Crippen LogP contribution in [0.1, 0.15) is 23.3 Å². The normalized spacial score (nSPS) is 14.9. The Kier molecular flexibility index (Phi) is 3.58. The van der Waals surface area contributed by atoms with E-state index in [4.69, 9.17) is 5.11 Å². The molecule has 17 heavy (non-hydrogen) atoms. The van der Waals surface area contributed by atoms with Gasteiger partial charge in [0.1, 0.15) is 0 Å². The molecule has 2 rings (SSSR count). The van der Waals surface area contributed by atoms with E-state index in [-0.39, 0.29) is 18.1 Å². The molecule has 0 spiro atoms. The summed E-state index contributed by atoms with van der Waals surface area (Å²) < 4.78 is 0. The number of anilines is 1. The van der Waals surface area contributed by atoms with Crippen molar-refractivity contribution in [1.82, 2.24) is 9.88 Å². The second kappa shape index (κ2) is 5.13. The van der Waals surface area contributed by atoms with Crippen LogP contribution in [0.4, 0.5) is 5.13 Å². The van der Waals surface area contributed by atoms with Crippen LogP contribution >= 0.6 is 11.3 Å². The van der Waals surface area contributed by atoms with Crippen LogP contribution in [0.25, 0.3) is 0 Å². The SMILES string of the molecule is O=C(O)c1csc(NCC(=O)N2CCCC2)n1. The lowest BCUT2D eigenvalue weighted by Crippen LogP contribution is -2.32.